The maximum atomic E-state index is 12.4. The fraction of sp³-hybridized carbons (Fsp3) is 0.294. The molecule has 2 aromatic rings. The van der Waals surface area contributed by atoms with Crippen molar-refractivity contribution in [2.45, 2.75) is 24.7 Å². The summed E-state index contributed by atoms with van der Waals surface area (Å²) < 4.78 is 27.3. The molecule has 0 aromatic heterocycles. The van der Waals surface area contributed by atoms with E-state index in [4.69, 9.17) is 11.6 Å². The first kappa shape index (κ1) is 17.6. The van der Waals surface area contributed by atoms with Gasteiger partial charge in [-0.25, -0.2) is 8.42 Å². The van der Waals surface area contributed by atoms with Gasteiger partial charge in [0.2, 0.25) is 0 Å². The van der Waals surface area contributed by atoms with Crippen molar-refractivity contribution >= 4 is 33.0 Å². The Hall–Kier alpha value is -1.72. The maximum Gasteiger partial charge on any atom is 0.263 e. The van der Waals surface area contributed by atoms with Crippen LogP contribution in [-0.2, 0) is 10.0 Å². The van der Waals surface area contributed by atoms with Crippen LogP contribution in [0.5, 0.6) is 0 Å². The Balaban J connectivity index is 2.13. The number of nitrogens with zero attached hydrogens (tertiary/aromatic N) is 1. The van der Waals surface area contributed by atoms with Crippen molar-refractivity contribution in [1.82, 2.24) is 0 Å². The number of anilines is 2. The second-order valence-corrected chi connectivity index (χ2v) is 7.42. The summed E-state index contributed by atoms with van der Waals surface area (Å²) in [6.45, 7) is 3.13. The summed E-state index contributed by atoms with van der Waals surface area (Å²) >= 11 is 5.96. The van der Waals surface area contributed by atoms with Crippen molar-refractivity contribution in [2.24, 2.45) is 0 Å². The predicted molar refractivity (Wildman–Crippen MR) is 96.9 cm³/mol. The van der Waals surface area contributed by atoms with E-state index in [1.165, 1.54) is 6.07 Å². The Kier molecular flexibility index (Phi) is 5.91. The van der Waals surface area contributed by atoms with Gasteiger partial charge in [-0.2, -0.15) is 0 Å². The molecular formula is C17H21ClN2O2S. The number of sulfonamides is 1. The van der Waals surface area contributed by atoms with Crippen LogP contribution in [0.2, 0.25) is 5.02 Å². The number of rotatable bonds is 7. The highest BCUT2D eigenvalue weighted by molar-refractivity contribution is 7.92. The minimum atomic E-state index is -3.69. The van der Waals surface area contributed by atoms with Gasteiger partial charge in [-0.3, -0.25) is 4.72 Å². The topological polar surface area (TPSA) is 49.4 Å². The van der Waals surface area contributed by atoms with Crippen LogP contribution in [0.1, 0.15) is 19.8 Å². The number of nitrogens with one attached hydrogen (secondary N) is 1. The number of hydrogen-bond donors (Lipinski definition) is 1. The van der Waals surface area contributed by atoms with E-state index in [1.807, 2.05) is 19.2 Å². The van der Waals surface area contributed by atoms with Gasteiger partial charge in [0.15, 0.2) is 0 Å². The predicted octanol–water partition coefficient (Wildman–Crippen LogP) is 4.38. The molecule has 0 aliphatic carbocycles. The fourth-order valence-electron chi connectivity index (χ4n) is 2.18. The van der Waals surface area contributed by atoms with Gasteiger partial charge in [-0.1, -0.05) is 37.1 Å². The van der Waals surface area contributed by atoms with Crippen molar-refractivity contribution in [3.63, 3.8) is 0 Å². The van der Waals surface area contributed by atoms with Gasteiger partial charge in [-0.15, -0.1) is 0 Å². The van der Waals surface area contributed by atoms with E-state index in [0.717, 1.165) is 25.1 Å². The highest BCUT2D eigenvalue weighted by Crippen LogP contribution is 2.24. The molecule has 1 N–H and O–H groups in total. The third-order valence-corrected chi connectivity index (χ3v) is 5.41. The van der Waals surface area contributed by atoms with E-state index in [9.17, 15) is 8.42 Å². The number of halogens is 1. The van der Waals surface area contributed by atoms with E-state index in [-0.39, 0.29) is 9.92 Å². The second-order valence-electron chi connectivity index (χ2n) is 5.36. The van der Waals surface area contributed by atoms with Crippen molar-refractivity contribution in [3.8, 4) is 0 Å². The van der Waals surface area contributed by atoms with Crippen LogP contribution < -0.4 is 9.62 Å². The molecule has 0 fully saturated rings. The molecule has 0 saturated carbocycles. The number of unbranched alkanes of at least 4 members (excludes halogenated alkanes) is 1. The average molecular weight is 353 g/mol. The first-order valence-electron chi connectivity index (χ1n) is 7.52. The van der Waals surface area contributed by atoms with Crippen LogP contribution in [0, 0.1) is 0 Å². The fourth-order valence-corrected chi connectivity index (χ4v) is 3.76. The van der Waals surface area contributed by atoms with Gasteiger partial charge < -0.3 is 4.90 Å². The second kappa shape index (κ2) is 7.70. The first-order valence-corrected chi connectivity index (χ1v) is 9.38. The van der Waals surface area contributed by atoms with Gasteiger partial charge in [0.1, 0.15) is 4.90 Å². The van der Waals surface area contributed by atoms with Crippen LogP contribution >= 0.6 is 11.6 Å². The zero-order valence-electron chi connectivity index (χ0n) is 13.3. The molecule has 0 spiro atoms. The van der Waals surface area contributed by atoms with Gasteiger partial charge >= 0.3 is 0 Å². The summed E-state index contributed by atoms with van der Waals surface area (Å²) in [5, 5.41) is 0.205. The molecule has 0 heterocycles. The lowest BCUT2D eigenvalue weighted by Gasteiger charge is -2.19. The normalized spacial score (nSPS) is 11.3. The summed E-state index contributed by atoms with van der Waals surface area (Å²) in [6.07, 6.45) is 2.26. The highest BCUT2D eigenvalue weighted by Gasteiger charge is 2.17. The molecule has 2 aromatic carbocycles. The zero-order chi connectivity index (χ0) is 16.9. The van der Waals surface area contributed by atoms with Crippen LogP contribution in [-0.4, -0.2) is 22.0 Å². The molecule has 23 heavy (non-hydrogen) atoms. The van der Waals surface area contributed by atoms with Gasteiger partial charge in [0, 0.05) is 25.0 Å². The number of hydrogen-bond acceptors (Lipinski definition) is 3. The molecular weight excluding hydrogens is 332 g/mol. The summed E-state index contributed by atoms with van der Waals surface area (Å²) in [5.74, 6) is 0. The van der Waals surface area contributed by atoms with E-state index < -0.39 is 10.0 Å². The average Bonchev–Trinajstić information content (AvgIpc) is 2.53. The monoisotopic (exact) mass is 352 g/mol. The molecule has 0 aliphatic rings. The first-order chi connectivity index (χ1) is 10.9. The maximum absolute atomic E-state index is 12.4. The zero-order valence-corrected chi connectivity index (χ0v) is 14.9. The standard InChI is InChI=1S/C17H21ClN2O2S/c1-3-4-13-20(2)15-11-9-14(10-12-15)19-23(21,22)17-8-6-5-7-16(17)18/h5-12,19H,3-4,13H2,1-2H3. The van der Waals surface area contributed by atoms with E-state index in [0.29, 0.717) is 5.69 Å². The highest BCUT2D eigenvalue weighted by atomic mass is 35.5. The van der Waals surface area contributed by atoms with Gasteiger partial charge in [0.05, 0.1) is 5.02 Å². The van der Waals surface area contributed by atoms with Crippen molar-refractivity contribution in [3.05, 3.63) is 53.6 Å². The lowest BCUT2D eigenvalue weighted by Crippen LogP contribution is -2.18. The Labute approximate surface area is 143 Å². The lowest BCUT2D eigenvalue weighted by molar-refractivity contribution is 0.601. The van der Waals surface area contributed by atoms with E-state index in [2.05, 4.69) is 16.5 Å². The molecule has 0 atom stereocenters. The van der Waals surface area contributed by atoms with Crippen LogP contribution in [0.15, 0.2) is 53.4 Å². The minimum absolute atomic E-state index is 0.0748. The Bertz CT molecular complexity index is 745. The SMILES string of the molecule is CCCCN(C)c1ccc(NS(=O)(=O)c2ccccc2Cl)cc1. The molecule has 0 unspecified atom stereocenters. The third-order valence-electron chi connectivity index (χ3n) is 3.53. The molecule has 0 saturated heterocycles. The van der Waals surface area contributed by atoms with E-state index >= 15 is 0 Å². The summed E-state index contributed by atoms with van der Waals surface area (Å²) in [6, 6.07) is 13.7. The minimum Gasteiger partial charge on any atom is -0.375 e. The summed E-state index contributed by atoms with van der Waals surface area (Å²) in [5.41, 5.74) is 1.57. The Morgan fingerprint density at radius 2 is 1.74 bits per heavy atom. The lowest BCUT2D eigenvalue weighted by atomic mass is 10.2. The molecule has 124 valence electrons. The summed E-state index contributed by atoms with van der Waals surface area (Å²) in [7, 11) is -1.66. The van der Waals surface area contributed by atoms with Gasteiger partial charge in [-0.05, 0) is 42.8 Å². The largest absolute Gasteiger partial charge is 0.375 e. The quantitative estimate of drug-likeness (QED) is 0.804. The summed E-state index contributed by atoms with van der Waals surface area (Å²) in [4.78, 5) is 2.22. The van der Waals surface area contributed by atoms with Crippen LogP contribution in [0.4, 0.5) is 11.4 Å². The van der Waals surface area contributed by atoms with Gasteiger partial charge in [0.25, 0.3) is 10.0 Å². The molecule has 2 rings (SSSR count). The Morgan fingerprint density at radius 3 is 2.35 bits per heavy atom. The molecule has 0 amide bonds. The van der Waals surface area contributed by atoms with Crippen molar-refractivity contribution in [1.29, 1.82) is 0 Å². The third kappa shape index (κ3) is 4.62. The Morgan fingerprint density at radius 1 is 1.09 bits per heavy atom. The molecule has 0 aliphatic heterocycles. The van der Waals surface area contributed by atoms with Crippen LogP contribution in [0.3, 0.4) is 0 Å². The molecule has 4 nitrogen and oxygen atoms in total. The molecule has 0 radical (unpaired) electrons. The van der Waals surface area contributed by atoms with Crippen LogP contribution in [0.25, 0.3) is 0 Å². The van der Waals surface area contributed by atoms with Crippen molar-refractivity contribution in [2.75, 3.05) is 23.2 Å². The molecule has 6 heteroatoms. The number of benzene rings is 2. The van der Waals surface area contributed by atoms with Crippen molar-refractivity contribution < 1.29 is 8.42 Å². The van der Waals surface area contributed by atoms with E-state index in [1.54, 1.807) is 30.3 Å². The smallest absolute Gasteiger partial charge is 0.263 e. The molecule has 0 bridgehead atoms.